The average molecular weight is 295 g/mol. The Morgan fingerprint density at radius 1 is 0.909 bits per heavy atom. The third-order valence-corrected chi connectivity index (χ3v) is 3.59. The summed E-state index contributed by atoms with van der Waals surface area (Å²) in [6.07, 6.45) is 0. The van der Waals surface area contributed by atoms with Gasteiger partial charge in [0.1, 0.15) is 0 Å². The van der Waals surface area contributed by atoms with Crippen LogP contribution in [0.1, 0.15) is 42.2 Å². The molecule has 0 atom stereocenters. The fraction of sp³-hybridized carbons (Fsp3) is 0.118. The van der Waals surface area contributed by atoms with Gasteiger partial charge < -0.3 is 10.4 Å². The number of ketones is 2. The summed E-state index contributed by atoms with van der Waals surface area (Å²) in [7, 11) is 0. The van der Waals surface area contributed by atoms with Gasteiger partial charge in [0.15, 0.2) is 11.6 Å². The molecule has 5 heteroatoms. The van der Waals surface area contributed by atoms with E-state index in [9.17, 15) is 14.4 Å². The predicted molar refractivity (Wildman–Crippen MR) is 79.2 cm³/mol. The second kappa shape index (κ2) is 5.54. The van der Waals surface area contributed by atoms with Gasteiger partial charge in [-0.1, -0.05) is 36.4 Å². The minimum absolute atomic E-state index is 0.0845. The van der Waals surface area contributed by atoms with E-state index in [1.54, 1.807) is 36.4 Å². The SMILES string of the molecule is O=C(NCCO)c1cccc2c1C(=O)c1ccccc1C2=O. The largest absolute Gasteiger partial charge is 0.395 e. The van der Waals surface area contributed by atoms with Crippen molar-refractivity contribution in [1.82, 2.24) is 5.32 Å². The van der Waals surface area contributed by atoms with Crippen LogP contribution in [0.3, 0.4) is 0 Å². The summed E-state index contributed by atoms with van der Waals surface area (Å²) in [4.78, 5) is 37.3. The first-order valence-corrected chi connectivity index (χ1v) is 6.85. The van der Waals surface area contributed by atoms with Gasteiger partial charge in [-0.15, -0.1) is 0 Å². The zero-order valence-electron chi connectivity index (χ0n) is 11.6. The van der Waals surface area contributed by atoms with Crippen LogP contribution in [0.25, 0.3) is 0 Å². The maximum absolute atomic E-state index is 12.7. The first-order chi connectivity index (χ1) is 10.6. The van der Waals surface area contributed by atoms with Crippen molar-refractivity contribution in [1.29, 1.82) is 0 Å². The Morgan fingerprint density at radius 3 is 2.23 bits per heavy atom. The van der Waals surface area contributed by atoms with Gasteiger partial charge in [0.05, 0.1) is 12.2 Å². The van der Waals surface area contributed by atoms with Crippen LogP contribution in [0, 0.1) is 0 Å². The smallest absolute Gasteiger partial charge is 0.252 e. The minimum atomic E-state index is -0.480. The van der Waals surface area contributed by atoms with E-state index in [0.29, 0.717) is 11.1 Å². The molecule has 0 bridgehead atoms. The van der Waals surface area contributed by atoms with E-state index in [1.165, 1.54) is 6.07 Å². The fourth-order valence-corrected chi connectivity index (χ4v) is 2.60. The number of hydrogen-bond acceptors (Lipinski definition) is 4. The van der Waals surface area contributed by atoms with E-state index in [0.717, 1.165) is 0 Å². The van der Waals surface area contributed by atoms with Gasteiger partial charge in [0.2, 0.25) is 0 Å². The molecule has 2 N–H and O–H groups in total. The number of aliphatic hydroxyl groups excluding tert-OH is 1. The molecule has 110 valence electrons. The van der Waals surface area contributed by atoms with Crippen LogP contribution < -0.4 is 5.32 Å². The Labute approximate surface area is 126 Å². The summed E-state index contributed by atoms with van der Waals surface area (Å²) in [5.41, 5.74) is 1.18. The standard InChI is InChI=1S/C17H13NO4/c19-9-8-18-17(22)13-7-3-6-12-14(13)16(21)11-5-2-1-4-10(11)15(12)20/h1-7,19H,8-9H2,(H,18,22). The third-order valence-electron chi connectivity index (χ3n) is 3.59. The molecule has 0 aliphatic heterocycles. The van der Waals surface area contributed by atoms with Gasteiger partial charge in [0.25, 0.3) is 5.91 Å². The highest BCUT2D eigenvalue weighted by Crippen LogP contribution is 2.29. The highest BCUT2D eigenvalue weighted by molar-refractivity contribution is 6.30. The van der Waals surface area contributed by atoms with E-state index in [4.69, 9.17) is 5.11 Å². The lowest BCUT2D eigenvalue weighted by atomic mass is 9.81. The molecule has 22 heavy (non-hydrogen) atoms. The Kier molecular flexibility index (Phi) is 3.56. The fourth-order valence-electron chi connectivity index (χ4n) is 2.60. The lowest BCUT2D eigenvalue weighted by Crippen LogP contribution is -2.30. The van der Waals surface area contributed by atoms with Crippen molar-refractivity contribution in [2.75, 3.05) is 13.2 Å². The van der Waals surface area contributed by atoms with Crippen LogP contribution in [-0.2, 0) is 0 Å². The number of amides is 1. The van der Waals surface area contributed by atoms with E-state index >= 15 is 0 Å². The number of fused-ring (bicyclic) bond motifs is 2. The summed E-state index contributed by atoms with van der Waals surface area (Å²) in [5, 5.41) is 11.3. The topological polar surface area (TPSA) is 83.5 Å². The maximum Gasteiger partial charge on any atom is 0.252 e. The van der Waals surface area contributed by atoms with Crippen LogP contribution in [0.4, 0.5) is 0 Å². The molecule has 2 aromatic carbocycles. The minimum Gasteiger partial charge on any atom is -0.395 e. The molecule has 3 rings (SSSR count). The maximum atomic E-state index is 12.7. The summed E-state index contributed by atoms with van der Waals surface area (Å²) in [6, 6.07) is 11.2. The first-order valence-electron chi connectivity index (χ1n) is 6.85. The number of rotatable bonds is 3. The third kappa shape index (κ3) is 2.12. The highest BCUT2D eigenvalue weighted by Gasteiger charge is 2.32. The molecule has 0 saturated heterocycles. The highest BCUT2D eigenvalue weighted by atomic mass is 16.3. The number of hydrogen-bond donors (Lipinski definition) is 2. The van der Waals surface area contributed by atoms with Crippen LogP contribution in [-0.4, -0.2) is 35.7 Å². The van der Waals surface area contributed by atoms with Crippen LogP contribution >= 0.6 is 0 Å². The number of nitrogens with one attached hydrogen (secondary N) is 1. The quantitative estimate of drug-likeness (QED) is 0.760. The lowest BCUT2D eigenvalue weighted by Gasteiger charge is -2.19. The van der Waals surface area contributed by atoms with Gasteiger partial charge in [-0.2, -0.15) is 0 Å². The Bertz CT molecular complexity index is 795. The van der Waals surface area contributed by atoms with Crippen LogP contribution in [0.5, 0.6) is 0 Å². The first kappa shape index (κ1) is 14.2. The number of aliphatic hydroxyl groups is 1. The van der Waals surface area contributed by atoms with Crippen molar-refractivity contribution in [3.63, 3.8) is 0 Å². The molecule has 0 aromatic heterocycles. The van der Waals surface area contributed by atoms with Crippen molar-refractivity contribution < 1.29 is 19.5 Å². The molecule has 1 aliphatic rings. The van der Waals surface area contributed by atoms with E-state index < -0.39 is 5.91 Å². The van der Waals surface area contributed by atoms with Crippen molar-refractivity contribution >= 4 is 17.5 Å². The Balaban J connectivity index is 2.15. The average Bonchev–Trinajstić information content (AvgIpc) is 2.57. The van der Waals surface area contributed by atoms with Gasteiger partial charge in [-0.3, -0.25) is 14.4 Å². The number of carbonyl (C=O) groups is 3. The van der Waals surface area contributed by atoms with Gasteiger partial charge in [-0.25, -0.2) is 0 Å². The van der Waals surface area contributed by atoms with Crippen molar-refractivity contribution in [2.24, 2.45) is 0 Å². The molecule has 0 unspecified atom stereocenters. The molecule has 2 aromatic rings. The molecule has 0 heterocycles. The van der Waals surface area contributed by atoms with E-state index in [2.05, 4.69) is 5.32 Å². The molecular formula is C17H13NO4. The molecule has 5 nitrogen and oxygen atoms in total. The van der Waals surface area contributed by atoms with Crippen molar-refractivity contribution in [3.8, 4) is 0 Å². The van der Waals surface area contributed by atoms with Gasteiger partial charge in [0, 0.05) is 28.8 Å². The van der Waals surface area contributed by atoms with Crippen LogP contribution in [0.2, 0.25) is 0 Å². The second-order valence-electron chi connectivity index (χ2n) is 4.91. The summed E-state index contributed by atoms with van der Waals surface area (Å²) >= 11 is 0. The summed E-state index contributed by atoms with van der Waals surface area (Å²) in [5.74, 6) is -1.08. The zero-order valence-corrected chi connectivity index (χ0v) is 11.6. The molecule has 0 spiro atoms. The molecule has 1 aliphatic carbocycles. The zero-order chi connectivity index (χ0) is 15.7. The van der Waals surface area contributed by atoms with E-state index in [-0.39, 0.29) is 41.4 Å². The molecular weight excluding hydrogens is 282 g/mol. The normalized spacial score (nSPS) is 12.6. The van der Waals surface area contributed by atoms with Gasteiger partial charge in [-0.05, 0) is 6.07 Å². The van der Waals surface area contributed by atoms with E-state index in [1.807, 2.05) is 0 Å². The molecule has 1 amide bonds. The van der Waals surface area contributed by atoms with Crippen LogP contribution in [0.15, 0.2) is 42.5 Å². The Hall–Kier alpha value is -2.79. The van der Waals surface area contributed by atoms with Crippen molar-refractivity contribution in [3.05, 3.63) is 70.3 Å². The predicted octanol–water partition coefficient (Wildman–Crippen LogP) is 1.18. The number of carbonyl (C=O) groups excluding carboxylic acids is 3. The van der Waals surface area contributed by atoms with Gasteiger partial charge >= 0.3 is 0 Å². The summed E-state index contributed by atoms with van der Waals surface area (Å²) < 4.78 is 0. The summed E-state index contributed by atoms with van der Waals surface area (Å²) in [6.45, 7) is -0.113. The van der Waals surface area contributed by atoms with Crippen molar-refractivity contribution in [2.45, 2.75) is 0 Å². The number of benzene rings is 2. The lowest BCUT2D eigenvalue weighted by molar-refractivity contribution is 0.0930. The Morgan fingerprint density at radius 2 is 1.55 bits per heavy atom. The molecule has 0 fully saturated rings. The molecule has 0 radical (unpaired) electrons. The molecule has 0 saturated carbocycles. The second-order valence-corrected chi connectivity index (χ2v) is 4.91. The monoisotopic (exact) mass is 295 g/mol.